The maximum absolute atomic E-state index is 12.6. The van der Waals surface area contributed by atoms with Gasteiger partial charge in [-0.3, -0.25) is 14.8 Å². The van der Waals surface area contributed by atoms with Gasteiger partial charge in [0.1, 0.15) is 0 Å². The molecular weight excluding hydrogens is 314 g/mol. The van der Waals surface area contributed by atoms with Gasteiger partial charge in [0.05, 0.1) is 0 Å². The highest BCUT2D eigenvalue weighted by molar-refractivity contribution is 5.94. The summed E-state index contributed by atoms with van der Waals surface area (Å²) in [6, 6.07) is 8.38. The standard InChI is InChI=1S/C19H25N5O/c25-19(18-16-12-20-8-7-17(16)22-23-18)21-11-14-5-1-2-6-15(14)13-24-9-3-4-10-24/h1-2,5-6,20H,3-4,7-13H2,(H,21,25)(H,22,23). The molecular formula is C19H25N5O. The van der Waals surface area contributed by atoms with E-state index >= 15 is 0 Å². The zero-order valence-corrected chi connectivity index (χ0v) is 14.5. The Morgan fingerprint density at radius 1 is 1.20 bits per heavy atom. The molecule has 0 bridgehead atoms. The molecule has 1 saturated heterocycles. The summed E-state index contributed by atoms with van der Waals surface area (Å²) in [6.45, 7) is 5.49. The van der Waals surface area contributed by atoms with Crippen molar-refractivity contribution >= 4 is 5.91 Å². The van der Waals surface area contributed by atoms with E-state index in [0.29, 0.717) is 18.8 Å². The van der Waals surface area contributed by atoms with E-state index in [4.69, 9.17) is 0 Å². The van der Waals surface area contributed by atoms with E-state index in [0.717, 1.165) is 30.8 Å². The first-order valence-electron chi connectivity index (χ1n) is 9.15. The van der Waals surface area contributed by atoms with Crippen molar-refractivity contribution in [3.8, 4) is 0 Å². The van der Waals surface area contributed by atoms with Gasteiger partial charge in [0.15, 0.2) is 5.69 Å². The minimum atomic E-state index is -0.0998. The Labute approximate surface area is 148 Å². The first-order chi connectivity index (χ1) is 12.3. The summed E-state index contributed by atoms with van der Waals surface area (Å²) < 4.78 is 0. The molecule has 1 aromatic carbocycles. The minimum absolute atomic E-state index is 0.0998. The second-order valence-electron chi connectivity index (χ2n) is 6.89. The summed E-state index contributed by atoms with van der Waals surface area (Å²) >= 11 is 0. The summed E-state index contributed by atoms with van der Waals surface area (Å²) in [4.78, 5) is 15.1. The average molecular weight is 339 g/mol. The number of aromatic amines is 1. The summed E-state index contributed by atoms with van der Waals surface area (Å²) in [5.41, 5.74) is 5.10. The molecule has 0 aliphatic carbocycles. The van der Waals surface area contributed by atoms with Gasteiger partial charge in [-0.15, -0.1) is 0 Å². The number of carbonyl (C=O) groups excluding carboxylic acids is 1. The van der Waals surface area contributed by atoms with E-state index < -0.39 is 0 Å². The molecule has 4 rings (SSSR count). The number of carbonyl (C=O) groups is 1. The zero-order valence-electron chi connectivity index (χ0n) is 14.5. The van der Waals surface area contributed by atoms with Crippen LogP contribution in [0, 0.1) is 0 Å². The van der Waals surface area contributed by atoms with Crippen LogP contribution in [-0.4, -0.2) is 40.6 Å². The van der Waals surface area contributed by atoms with Crippen LogP contribution in [0.5, 0.6) is 0 Å². The number of rotatable bonds is 5. The number of amides is 1. The van der Waals surface area contributed by atoms with Gasteiger partial charge in [-0.25, -0.2) is 0 Å². The summed E-state index contributed by atoms with van der Waals surface area (Å²) in [6.07, 6.45) is 3.47. The van der Waals surface area contributed by atoms with Gasteiger partial charge in [-0.2, -0.15) is 5.10 Å². The van der Waals surface area contributed by atoms with Crippen molar-refractivity contribution < 1.29 is 4.79 Å². The number of hydrogen-bond donors (Lipinski definition) is 3. The lowest BCUT2D eigenvalue weighted by Gasteiger charge is -2.18. The molecule has 132 valence electrons. The highest BCUT2D eigenvalue weighted by Crippen LogP contribution is 2.17. The van der Waals surface area contributed by atoms with E-state index in [9.17, 15) is 4.79 Å². The van der Waals surface area contributed by atoms with Crippen LogP contribution in [0.1, 0.15) is 45.7 Å². The number of likely N-dealkylation sites (tertiary alicyclic amines) is 1. The molecule has 2 aromatic rings. The maximum atomic E-state index is 12.6. The number of aromatic nitrogens is 2. The number of nitrogens with zero attached hydrogens (tertiary/aromatic N) is 2. The van der Waals surface area contributed by atoms with Crippen molar-refractivity contribution in [3.05, 3.63) is 52.3 Å². The highest BCUT2D eigenvalue weighted by Gasteiger charge is 2.21. The zero-order chi connectivity index (χ0) is 17.1. The van der Waals surface area contributed by atoms with Crippen LogP contribution in [-0.2, 0) is 26.1 Å². The molecule has 6 heteroatoms. The Balaban J connectivity index is 1.42. The van der Waals surface area contributed by atoms with Crippen LogP contribution >= 0.6 is 0 Å². The fraction of sp³-hybridized carbons (Fsp3) is 0.474. The summed E-state index contributed by atoms with van der Waals surface area (Å²) in [5, 5.41) is 13.6. The van der Waals surface area contributed by atoms with Crippen molar-refractivity contribution in [2.45, 2.75) is 38.9 Å². The molecule has 0 radical (unpaired) electrons. The van der Waals surface area contributed by atoms with Gasteiger partial charge >= 0.3 is 0 Å². The summed E-state index contributed by atoms with van der Waals surface area (Å²) in [5.74, 6) is -0.0998. The highest BCUT2D eigenvalue weighted by atomic mass is 16.1. The Morgan fingerprint density at radius 3 is 2.84 bits per heavy atom. The third kappa shape index (κ3) is 3.60. The smallest absolute Gasteiger partial charge is 0.272 e. The lowest BCUT2D eigenvalue weighted by atomic mass is 10.1. The second-order valence-corrected chi connectivity index (χ2v) is 6.89. The number of nitrogens with one attached hydrogen (secondary N) is 3. The fourth-order valence-corrected chi connectivity index (χ4v) is 3.74. The fourth-order valence-electron chi connectivity index (χ4n) is 3.74. The van der Waals surface area contributed by atoms with Crippen LogP contribution in [0.2, 0.25) is 0 Å². The van der Waals surface area contributed by atoms with Crippen LogP contribution in [0.3, 0.4) is 0 Å². The molecule has 3 heterocycles. The molecule has 1 fully saturated rings. The largest absolute Gasteiger partial charge is 0.347 e. The van der Waals surface area contributed by atoms with Crippen LogP contribution in [0.4, 0.5) is 0 Å². The minimum Gasteiger partial charge on any atom is -0.347 e. The van der Waals surface area contributed by atoms with Crippen molar-refractivity contribution in [2.24, 2.45) is 0 Å². The quantitative estimate of drug-likeness (QED) is 0.773. The molecule has 0 saturated carbocycles. The Bertz CT molecular complexity index is 748. The molecule has 1 amide bonds. The molecule has 0 unspecified atom stereocenters. The molecule has 1 aromatic heterocycles. The molecule has 25 heavy (non-hydrogen) atoms. The molecule has 6 nitrogen and oxygen atoms in total. The van der Waals surface area contributed by atoms with Gasteiger partial charge in [-0.1, -0.05) is 24.3 Å². The average Bonchev–Trinajstić information content (AvgIpc) is 3.30. The van der Waals surface area contributed by atoms with Crippen LogP contribution < -0.4 is 10.6 Å². The number of hydrogen-bond acceptors (Lipinski definition) is 4. The number of benzene rings is 1. The SMILES string of the molecule is O=C(NCc1ccccc1CN1CCCC1)c1n[nH]c2c1CNCC2. The van der Waals surface area contributed by atoms with Gasteiger partial charge in [0.25, 0.3) is 5.91 Å². The normalized spacial score (nSPS) is 17.4. The van der Waals surface area contributed by atoms with E-state index in [2.05, 4.69) is 43.9 Å². The first-order valence-corrected chi connectivity index (χ1v) is 9.15. The third-order valence-electron chi connectivity index (χ3n) is 5.17. The molecule has 0 atom stereocenters. The molecule has 0 spiro atoms. The predicted molar refractivity (Wildman–Crippen MR) is 96.1 cm³/mol. The maximum Gasteiger partial charge on any atom is 0.272 e. The van der Waals surface area contributed by atoms with E-state index in [1.54, 1.807) is 0 Å². The van der Waals surface area contributed by atoms with E-state index in [1.807, 2.05) is 6.07 Å². The number of H-pyrrole nitrogens is 1. The van der Waals surface area contributed by atoms with Crippen molar-refractivity contribution in [2.75, 3.05) is 19.6 Å². The predicted octanol–water partition coefficient (Wildman–Crippen LogP) is 1.58. The Hall–Kier alpha value is -2.18. The number of fused-ring (bicyclic) bond motifs is 1. The Morgan fingerprint density at radius 2 is 2.00 bits per heavy atom. The van der Waals surface area contributed by atoms with Gasteiger partial charge < -0.3 is 10.6 Å². The lowest BCUT2D eigenvalue weighted by molar-refractivity contribution is 0.0944. The Kier molecular flexibility index (Phi) is 4.81. The first kappa shape index (κ1) is 16.3. The van der Waals surface area contributed by atoms with Crippen molar-refractivity contribution in [1.29, 1.82) is 0 Å². The van der Waals surface area contributed by atoms with Crippen LogP contribution in [0.25, 0.3) is 0 Å². The van der Waals surface area contributed by atoms with Gasteiger partial charge in [0, 0.05) is 43.9 Å². The molecule has 3 N–H and O–H groups in total. The van der Waals surface area contributed by atoms with E-state index in [-0.39, 0.29) is 5.91 Å². The third-order valence-corrected chi connectivity index (χ3v) is 5.17. The van der Waals surface area contributed by atoms with Crippen molar-refractivity contribution in [1.82, 2.24) is 25.7 Å². The monoisotopic (exact) mass is 339 g/mol. The second kappa shape index (κ2) is 7.37. The lowest BCUT2D eigenvalue weighted by Crippen LogP contribution is -2.28. The van der Waals surface area contributed by atoms with Gasteiger partial charge in [-0.05, 0) is 37.1 Å². The molecule has 2 aliphatic rings. The molecule has 2 aliphatic heterocycles. The van der Waals surface area contributed by atoms with Gasteiger partial charge in [0.2, 0.25) is 0 Å². The van der Waals surface area contributed by atoms with Crippen molar-refractivity contribution in [3.63, 3.8) is 0 Å². The van der Waals surface area contributed by atoms with Crippen LogP contribution in [0.15, 0.2) is 24.3 Å². The summed E-state index contributed by atoms with van der Waals surface area (Å²) in [7, 11) is 0. The van der Waals surface area contributed by atoms with E-state index in [1.165, 1.54) is 37.1 Å². The topological polar surface area (TPSA) is 73.0 Å².